The van der Waals surface area contributed by atoms with Gasteiger partial charge in [-0.05, 0) is 43.7 Å². The van der Waals surface area contributed by atoms with Crippen molar-refractivity contribution in [3.05, 3.63) is 65.2 Å². The van der Waals surface area contributed by atoms with Crippen molar-refractivity contribution in [2.75, 3.05) is 19.6 Å². The monoisotopic (exact) mass is 352 g/mol. The van der Waals surface area contributed by atoms with Crippen LogP contribution >= 0.6 is 0 Å². The van der Waals surface area contributed by atoms with Gasteiger partial charge in [-0.1, -0.05) is 29.8 Å². The van der Waals surface area contributed by atoms with E-state index in [4.69, 9.17) is 4.74 Å². The first kappa shape index (κ1) is 18.0. The molecule has 1 aliphatic heterocycles. The van der Waals surface area contributed by atoms with E-state index in [2.05, 4.69) is 5.32 Å². The third-order valence-electron chi connectivity index (χ3n) is 4.43. The minimum absolute atomic E-state index is 0.0401. The summed E-state index contributed by atoms with van der Waals surface area (Å²) in [5.41, 5.74) is 2.87. The van der Waals surface area contributed by atoms with E-state index < -0.39 is 0 Å². The molecule has 2 aromatic carbocycles. The number of likely N-dealkylation sites (tertiary alicyclic amines) is 1. The number of aryl methyl sites for hydroxylation is 2. The number of nitrogens with zero attached hydrogens (tertiary/aromatic N) is 1. The zero-order valence-corrected chi connectivity index (χ0v) is 15.2. The van der Waals surface area contributed by atoms with Gasteiger partial charge in [0.2, 0.25) is 5.91 Å². The normalized spacial score (nSPS) is 13.8. The molecule has 26 heavy (non-hydrogen) atoms. The molecular weight excluding hydrogens is 328 g/mol. The number of hydrogen-bond acceptors (Lipinski definition) is 3. The molecule has 136 valence electrons. The number of amides is 2. The van der Waals surface area contributed by atoms with Crippen molar-refractivity contribution >= 4 is 11.8 Å². The number of carbonyl (C=O) groups is 2. The van der Waals surface area contributed by atoms with Crippen molar-refractivity contribution < 1.29 is 14.3 Å². The molecule has 0 unspecified atom stereocenters. The van der Waals surface area contributed by atoms with Crippen molar-refractivity contribution in [3.63, 3.8) is 0 Å². The van der Waals surface area contributed by atoms with Crippen LogP contribution in [0.4, 0.5) is 0 Å². The Bertz CT molecular complexity index is 780. The fraction of sp³-hybridized carbons (Fsp3) is 0.333. The van der Waals surface area contributed by atoms with Gasteiger partial charge in [0, 0.05) is 18.5 Å². The maximum absolute atomic E-state index is 12.2. The summed E-state index contributed by atoms with van der Waals surface area (Å²) in [6, 6.07) is 15.3. The SMILES string of the molecule is Cc1ccc(C(=O)NCCC(=O)N2CC(Oc3cccc(C)c3)C2)cc1. The molecule has 2 aromatic rings. The molecule has 2 amide bonds. The number of benzene rings is 2. The Hall–Kier alpha value is -2.82. The number of ether oxygens (including phenoxy) is 1. The van der Waals surface area contributed by atoms with Gasteiger partial charge < -0.3 is 15.0 Å². The zero-order chi connectivity index (χ0) is 18.5. The summed E-state index contributed by atoms with van der Waals surface area (Å²) in [6.45, 7) is 5.53. The molecule has 0 bridgehead atoms. The van der Waals surface area contributed by atoms with Crippen LogP contribution in [0.15, 0.2) is 48.5 Å². The van der Waals surface area contributed by atoms with Crippen LogP contribution in [0.5, 0.6) is 5.75 Å². The third-order valence-corrected chi connectivity index (χ3v) is 4.43. The second kappa shape index (κ2) is 8.04. The highest BCUT2D eigenvalue weighted by molar-refractivity contribution is 5.94. The molecule has 1 N–H and O–H groups in total. The molecule has 0 saturated carbocycles. The minimum atomic E-state index is -0.151. The zero-order valence-electron chi connectivity index (χ0n) is 15.2. The van der Waals surface area contributed by atoms with Gasteiger partial charge in [0.15, 0.2) is 0 Å². The van der Waals surface area contributed by atoms with Gasteiger partial charge in [0.25, 0.3) is 5.91 Å². The molecule has 1 saturated heterocycles. The lowest BCUT2D eigenvalue weighted by Gasteiger charge is -2.39. The van der Waals surface area contributed by atoms with Crippen LogP contribution in [-0.4, -0.2) is 42.5 Å². The van der Waals surface area contributed by atoms with Crippen LogP contribution in [0.1, 0.15) is 27.9 Å². The smallest absolute Gasteiger partial charge is 0.251 e. The molecular formula is C21H24N2O3. The first-order valence-electron chi connectivity index (χ1n) is 8.87. The number of carbonyl (C=O) groups excluding carboxylic acids is 2. The maximum atomic E-state index is 12.2. The Morgan fingerprint density at radius 2 is 1.81 bits per heavy atom. The highest BCUT2D eigenvalue weighted by Crippen LogP contribution is 2.19. The van der Waals surface area contributed by atoms with E-state index in [0.29, 0.717) is 31.6 Å². The highest BCUT2D eigenvalue weighted by atomic mass is 16.5. The molecule has 1 aliphatic rings. The van der Waals surface area contributed by atoms with Crippen molar-refractivity contribution in [2.24, 2.45) is 0 Å². The predicted octanol–water partition coefficient (Wildman–Crippen LogP) is 2.71. The van der Waals surface area contributed by atoms with Gasteiger partial charge in [-0.25, -0.2) is 0 Å². The van der Waals surface area contributed by atoms with Gasteiger partial charge in [-0.15, -0.1) is 0 Å². The van der Waals surface area contributed by atoms with Gasteiger partial charge >= 0.3 is 0 Å². The van der Waals surface area contributed by atoms with Crippen LogP contribution in [0.2, 0.25) is 0 Å². The quantitative estimate of drug-likeness (QED) is 0.870. The first-order valence-corrected chi connectivity index (χ1v) is 8.87. The van der Waals surface area contributed by atoms with E-state index in [-0.39, 0.29) is 17.9 Å². The van der Waals surface area contributed by atoms with Crippen molar-refractivity contribution in [2.45, 2.75) is 26.4 Å². The predicted molar refractivity (Wildman–Crippen MR) is 100 cm³/mol. The third kappa shape index (κ3) is 4.63. The fourth-order valence-corrected chi connectivity index (χ4v) is 2.85. The molecule has 1 heterocycles. The van der Waals surface area contributed by atoms with E-state index in [9.17, 15) is 9.59 Å². The van der Waals surface area contributed by atoms with Crippen LogP contribution in [-0.2, 0) is 4.79 Å². The van der Waals surface area contributed by atoms with Crippen LogP contribution in [0, 0.1) is 13.8 Å². The van der Waals surface area contributed by atoms with E-state index >= 15 is 0 Å². The van der Waals surface area contributed by atoms with Gasteiger partial charge in [-0.2, -0.15) is 0 Å². The molecule has 0 radical (unpaired) electrons. The molecule has 5 nitrogen and oxygen atoms in total. The van der Waals surface area contributed by atoms with E-state index in [1.807, 2.05) is 50.2 Å². The summed E-state index contributed by atoms with van der Waals surface area (Å²) in [6.07, 6.45) is 0.345. The minimum Gasteiger partial charge on any atom is -0.487 e. The highest BCUT2D eigenvalue weighted by Gasteiger charge is 2.31. The van der Waals surface area contributed by atoms with E-state index in [1.54, 1.807) is 17.0 Å². The Labute approximate surface area is 154 Å². The summed E-state index contributed by atoms with van der Waals surface area (Å²) < 4.78 is 5.86. The number of rotatable bonds is 6. The van der Waals surface area contributed by atoms with Crippen LogP contribution in [0.3, 0.4) is 0 Å². The molecule has 3 rings (SSSR count). The molecule has 0 aromatic heterocycles. The van der Waals surface area contributed by atoms with Crippen molar-refractivity contribution in [3.8, 4) is 5.75 Å². The number of hydrogen-bond donors (Lipinski definition) is 1. The van der Waals surface area contributed by atoms with Gasteiger partial charge in [0.05, 0.1) is 13.1 Å². The Balaban J connectivity index is 1.36. The maximum Gasteiger partial charge on any atom is 0.251 e. The molecule has 0 spiro atoms. The molecule has 0 atom stereocenters. The summed E-state index contributed by atoms with van der Waals surface area (Å²) in [7, 11) is 0. The lowest BCUT2D eigenvalue weighted by Crippen LogP contribution is -2.56. The summed E-state index contributed by atoms with van der Waals surface area (Å²) in [4.78, 5) is 25.9. The standard InChI is InChI=1S/C21H24N2O3/c1-15-6-8-17(9-7-15)21(25)22-11-10-20(24)23-13-19(14-23)26-18-5-3-4-16(2)12-18/h3-9,12,19H,10-11,13-14H2,1-2H3,(H,22,25). The van der Waals surface area contributed by atoms with E-state index in [0.717, 1.165) is 16.9 Å². The van der Waals surface area contributed by atoms with Crippen molar-refractivity contribution in [1.29, 1.82) is 0 Å². The molecule has 0 aliphatic carbocycles. The van der Waals surface area contributed by atoms with E-state index in [1.165, 1.54) is 0 Å². The second-order valence-electron chi connectivity index (χ2n) is 6.73. The largest absolute Gasteiger partial charge is 0.487 e. The average Bonchev–Trinajstić information content (AvgIpc) is 2.58. The summed E-state index contributed by atoms with van der Waals surface area (Å²) >= 11 is 0. The summed E-state index contributed by atoms with van der Waals surface area (Å²) in [5.74, 6) is 0.729. The van der Waals surface area contributed by atoms with Crippen molar-refractivity contribution in [1.82, 2.24) is 10.2 Å². The lowest BCUT2D eigenvalue weighted by atomic mass is 10.1. The molecule has 1 fully saturated rings. The van der Waals surface area contributed by atoms with Crippen LogP contribution in [0.25, 0.3) is 0 Å². The van der Waals surface area contributed by atoms with Gasteiger partial charge in [-0.3, -0.25) is 9.59 Å². The fourth-order valence-electron chi connectivity index (χ4n) is 2.85. The second-order valence-corrected chi connectivity index (χ2v) is 6.73. The average molecular weight is 352 g/mol. The molecule has 5 heteroatoms. The summed E-state index contributed by atoms with van der Waals surface area (Å²) in [5, 5.41) is 2.79. The van der Waals surface area contributed by atoms with Crippen LogP contribution < -0.4 is 10.1 Å². The Kier molecular flexibility index (Phi) is 5.56. The number of nitrogens with one attached hydrogen (secondary N) is 1. The Morgan fingerprint density at radius 3 is 2.50 bits per heavy atom. The Morgan fingerprint density at radius 1 is 1.08 bits per heavy atom. The topological polar surface area (TPSA) is 58.6 Å². The lowest BCUT2D eigenvalue weighted by molar-refractivity contribution is -0.139. The first-order chi connectivity index (χ1) is 12.5. The van der Waals surface area contributed by atoms with Gasteiger partial charge in [0.1, 0.15) is 11.9 Å².